The molecule has 6 heteroatoms. The summed E-state index contributed by atoms with van der Waals surface area (Å²) in [5, 5.41) is 2.94. The number of nitrogens with one attached hydrogen (secondary N) is 1. The molecule has 0 aliphatic rings. The molecule has 0 fully saturated rings. The fourth-order valence-electron chi connectivity index (χ4n) is 1.39. The Hall–Kier alpha value is -2.01. The van der Waals surface area contributed by atoms with Crippen LogP contribution in [0.3, 0.4) is 0 Å². The van der Waals surface area contributed by atoms with Gasteiger partial charge in [-0.15, -0.1) is 0 Å². The standard InChI is InChI=1S/C12H11ClN4O/c13-11-8-14-7-10(17-11)12(18)16-6-4-9-3-1-2-5-15-9/h1-3,5,7-8H,4,6H2,(H,16,18). The number of nitrogens with zero attached hydrogens (tertiary/aromatic N) is 3. The van der Waals surface area contributed by atoms with Crippen molar-refractivity contribution < 1.29 is 4.79 Å². The number of carbonyl (C=O) groups excluding carboxylic acids is 1. The van der Waals surface area contributed by atoms with Crippen LogP contribution < -0.4 is 5.32 Å². The first-order chi connectivity index (χ1) is 8.75. The number of rotatable bonds is 4. The van der Waals surface area contributed by atoms with Gasteiger partial charge in [-0.25, -0.2) is 4.98 Å². The molecule has 0 aliphatic heterocycles. The van der Waals surface area contributed by atoms with Crippen molar-refractivity contribution in [3.63, 3.8) is 0 Å². The largest absolute Gasteiger partial charge is 0.350 e. The van der Waals surface area contributed by atoms with Gasteiger partial charge in [0.2, 0.25) is 0 Å². The second kappa shape index (κ2) is 6.07. The fraction of sp³-hybridized carbons (Fsp3) is 0.167. The summed E-state index contributed by atoms with van der Waals surface area (Å²) in [6.45, 7) is 0.490. The summed E-state index contributed by atoms with van der Waals surface area (Å²) in [6, 6.07) is 5.67. The van der Waals surface area contributed by atoms with Gasteiger partial charge in [0.15, 0.2) is 0 Å². The van der Waals surface area contributed by atoms with Gasteiger partial charge < -0.3 is 5.32 Å². The number of pyridine rings is 1. The Morgan fingerprint density at radius 3 is 2.94 bits per heavy atom. The molecule has 0 saturated carbocycles. The van der Waals surface area contributed by atoms with E-state index in [0.717, 1.165) is 5.69 Å². The maximum absolute atomic E-state index is 11.7. The molecule has 2 aromatic rings. The molecular formula is C12H11ClN4O. The van der Waals surface area contributed by atoms with Crippen molar-refractivity contribution in [2.24, 2.45) is 0 Å². The summed E-state index contributed by atoms with van der Waals surface area (Å²) >= 11 is 5.66. The van der Waals surface area contributed by atoms with Crippen LogP contribution in [0.5, 0.6) is 0 Å². The average molecular weight is 263 g/mol. The lowest BCUT2D eigenvalue weighted by Gasteiger charge is -2.04. The quantitative estimate of drug-likeness (QED) is 0.907. The SMILES string of the molecule is O=C(NCCc1ccccn1)c1cncc(Cl)n1. The third-order valence-electron chi connectivity index (χ3n) is 2.23. The fourth-order valence-corrected chi connectivity index (χ4v) is 1.54. The van der Waals surface area contributed by atoms with Crippen molar-refractivity contribution in [1.29, 1.82) is 0 Å². The third kappa shape index (κ3) is 3.49. The van der Waals surface area contributed by atoms with Crippen molar-refractivity contribution in [1.82, 2.24) is 20.3 Å². The highest BCUT2D eigenvalue weighted by Gasteiger charge is 2.07. The van der Waals surface area contributed by atoms with Gasteiger partial charge in [0.25, 0.3) is 5.91 Å². The number of amides is 1. The molecule has 0 saturated heterocycles. The maximum atomic E-state index is 11.7. The van der Waals surface area contributed by atoms with Gasteiger partial charge in [-0.2, -0.15) is 0 Å². The van der Waals surface area contributed by atoms with Crippen LogP contribution in [0, 0.1) is 0 Å². The van der Waals surface area contributed by atoms with Crippen molar-refractivity contribution in [3.8, 4) is 0 Å². The summed E-state index contributed by atoms with van der Waals surface area (Å²) in [7, 11) is 0. The molecule has 2 rings (SSSR count). The highest BCUT2D eigenvalue weighted by atomic mass is 35.5. The highest BCUT2D eigenvalue weighted by molar-refractivity contribution is 6.29. The van der Waals surface area contributed by atoms with Crippen LogP contribution >= 0.6 is 11.6 Å². The minimum absolute atomic E-state index is 0.201. The predicted octanol–water partition coefficient (Wildman–Crippen LogP) is 1.50. The van der Waals surface area contributed by atoms with Crippen molar-refractivity contribution >= 4 is 17.5 Å². The van der Waals surface area contributed by atoms with E-state index in [0.29, 0.717) is 13.0 Å². The van der Waals surface area contributed by atoms with Gasteiger partial charge in [-0.05, 0) is 12.1 Å². The number of aromatic nitrogens is 3. The Morgan fingerprint density at radius 2 is 2.22 bits per heavy atom. The van der Waals surface area contributed by atoms with E-state index in [4.69, 9.17) is 11.6 Å². The van der Waals surface area contributed by atoms with E-state index in [1.54, 1.807) is 6.20 Å². The predicted molar refractivity (Wildman–Crippen MR) is 67.3 cm³/mol. The van der Waals surface area contributed by atoms with Crippen molar-refractivity contribution in [2.45, 2.75) is 6.42 Å². The average Bonchev–Trinajstić information content (AvgIpc) is 2.40. The zero-order valence-corrected chi connectivity index (χ0v) is 10.3. The molecule has 0 bridgehead atoms. The molecular weight excluding hydrogens is 252 g/mol. The van der Waals surface area contributed by atoms with Crippen LogP contribution in [-0.2, 0) is 6.42 Å². The lowest BCUT2D eigenvalue weighted by atomic mass is 10.2. The monoisotopic (exact) mass is 262 g/mol. The molecule has 18 heavy (non-hydrogen) atoms. The van der Waals surface area contributed by atoms with Crippen LogP contribution in [0.4, 0.5) is 0 Å². The molecule has 1 amide bonds. The Bertz CT molecular complexity index is 533. The Labute approximate surface area is 109 Å². The Kier molecular flexibility index (Phi) is 4.20. The summed E-state index contributed by atoms with van der Waals surface area (Å²) in [6.07, 6.45) is 5.15. The molecule has 0 unspecified atom stereocenters. The minimum atomic E-state index is -0.291. The molecule has 0 aliphatic carbocycles. The van der Waals surface area contributed by atoms with Crippen LogP contribution in [0.15, 0.2) is 36.8 Å². The maximum Gasteiger partial charge on any atom is 0.271 e. The van der Waals surface area contributed by atoms with Crippen LogP contribution in [0.1, 0.15) is 16.2 Å². The second-order valence-corrected chi connectivity index (χ2v) is 3.94. The van der Waals surface area contributed by atoms with Crippen LogP contribution in [0.2, 0.25) is 5.15 Å². The first-order valence-corrected chi connectivity index (χ1v) is 5.79. The molecule has 1 N–H and O–H groups in total. The molecule has 0 atom stereocenters. The number of hydrogen-bond acceptors (Lipinski definition) is 4. The van der Waals surface area contributed by atoms with E-state index in [2.05, 4.69) is 20.3 Å². The van der Waals surface area contributed by atoms with Crippen molar-refractivity contribution in [3.05, 3.63) is 53.3 Å². The lowest BCUT2D eigenvalue weighted by Crippen LogP contribution is -2.26. The van der Waals surface area contributed by atoms with Gasteiger partial charge >= 0.3 is 0 Å². The minimum Gasteiger partial charge on any atom is -0.350 e. The van der Waals surface area contributed by atoms with E-state index < -0.39 is 0 Å². The molecule has 0 radical (unpaired) electrons. The smallest absolute Gasteiger partial charge is 0.271 e. The number of halogens is 1. The highest BCUT2D eigenvalue weighted by Crippen LogP contribution is 2.02. The van der Waals surface area contributed by atoms with Crippen LogP contribution in [0.25, 0.3) is 0 Å². The van der Waals surface area contributed by atoms with E-state index >= 15 is 0 Å². The summed E-state index contributed by atoms with van der Waals surface area (Å²) in [5.74, 6) is -0.291. The number of carbonyl (C=O) groups is 1. The van der Waals surface area contributed by atoms with E-state index in [1.165, 1.54) is 12.4 Å². The van der Waals surface area contributed by atoms with Gasteiger partial charge in [0, 0.05) is 24.9 Å². The number of hydrogen-bond donors (Lipinski definition) is 1. The molecule has 92 valence electrons. The first kappa shape index (κ1) is 12.4. The Morgan fingerprint density at radius 1 is 1.33 bits per heavy atom. The zero-order chi connectivity index (χ0) is 12.8. The van der Waals surface area contributed by atoms with E-state index in [9.17, 15) is 4.79 Å². The van der Waals surface area contributed by atoms with Gasteiger partial charge in [0.1, 0.15) is 10.8 Å². The van der Waals surface area contributed by atoms with E-state index in [-0.39, 0.29) is 16.8 Å². The van der Waals surface area contributed by atoms with E-state index in [1.807, 2.05) is 18.2 Å². The van der Waals surface area contributed by atoms with Gasteiger partial charge in [0.05, 0.1) is 12.4 Å². The molecule has 2 aromatic heterocycles. The second-order valence-electron chi connectivity index (χ2n) is 3.55. The van der Waals surface area contributed by atoms with Gasteiger partial charge in [-0.3, -0.25) is 14.8 Å². The summed E-state index contributed by atoms with van der Waals surface area (Å²) in [5.41, 5.74) is 1.14. The Balaban J connectivity index is 1.86. The third-order valence-corrected chi connectivity index (χ3v) is 2.41. The topological polar surface area (TPSA) is 67.8 Å². The first-order valence-electron chi connectivity index (χ1n) is 5.41. The van der Waals surface area contributed by atoms with Gasteiger partial charge in [-0.1, -0.05) is 17.7 Å². The molecule has 0 spiro atoms. The summed E-state index contributed by atoms with van der Waals surface area (Å²) in [4.78, 5) is 23.5. The molecule has 2 heterocycles. The molecule has 0 aromatic carbocycles. The lowest BCUT2D eigenvalue weighted by molar-refractivity contribution is 0.0948. The molecule has 5 nitrogen and oxygen atoms in total. The normalized spacial score (nSPS) is 10.1. The zero-order valence-electron chi connectivity index (χ0n) is 9.51. The van der Waals surface area contributed by atoms with Crippen LogP contribution in [-0.4, -0.2) is 27.4 Å². The van der Waals surface area contributed by atoms with Crippen molar-refractivity contribution in [2.75, 3.05) is 6.54 Å². The summed E-state index contributed by atoms with van der Waals surface area (Å²) < 4.78 is 0.